The number of hydrogen-bond acceptors (Lipinski definition) is 4. The Bertz CT molecular complexity index is 962. The van der Waals surface area contributed by atoms with Crippen molar-refractivity contribution >= 4 is 16.7 Å². The molecule has 0 radical (unpaired) electrons. The van der Waals surface area contributed by atoms with Crippen molar-refractivity contribution < 1.29 is 4.74 Å². The van der Waals surface area contributed by atoms with E-state index in [0.717, 1.165) is 29.0 Å². The Morgan fingerprint density at radius 1 is 1.00 bits per heavy atom. The van der Waals surface area contributed by atoms with Gasteiger partial charge in [-0.3, -0.25) is 4.90 Å². The van der Waals surface area contributed by atoms with Gasteiger partial charge in [0.05, 0.1) is 7.11 Å². The summed E-state index contributed by atoms with van der Waals surface area (Å²) in [6.45, 7) is 2.29. The number of benzene rings is 2. The fourth-order valence-corrected chi connectivity index (χ4v) is 4.82. The van der Waals surface area contributed by atoms with Gasteiger partial charge in [-0.15, -0.1) is 0 Å². The van der Waals surface area contributed by atoms with Crippen LogP contribution in [0.2, 0.25) is 0 Å². The van der Waals surface area contributed by atoms with Crippen LogP contribution in [-0.2, 0) is 12.8 Å². The highest BCUT2D eigenvalue weighted by molar-refractivity contribution is 5.85. The fourth-order valence-electron chi connectivity index (χ4n) is 4.82. The summed E-state index contributed by atoms with van der Waals surface area (Å²) < 4.78 is 5.49. The van der Waals surface area contributed by atoms with Crippen LogP contribution in [0.15, 0.2) is 54.6 Å². The van der Waals surface area contributed by atoms with Gasteiger partial charge in [-0.1, -0.05) is 36.4 Å². The van der Waals surface area contributed by atoms with Gasteiger partial charge in [-0.25, -0.2) is 4.98 Å². The Balaban J connectivity index is 1.29. The molecule has 0 saturated carbocycles. The summed E-state index contributed by atoms with van der Waals surface area (Å²) in [4.78, 5) is 7.52. The molecule has 1 fully saturated rings. The SMILES string of the molecule is COc1cccc2ccc(N[C@H]3CCCN(C4Cc5ccccc5C4)C3)nc12. The molecule has 1 aliphatic carbocycles. The molecule has 144 valence electrons. The third-order valence-electron chi connectivity index (χ3n) is 6.25. The quantitative estimate of drug-likeness (QED) is 0.740. The molecule has 1 aliphatic heterocycles. The van der Waals surface area contributed by atoms with Gasteiger partial charge in [0.2, 0.25) is 0 Å². The van der Waals surface area contributed by atoms with Gasteiger partial charge in [0, 0.05) is 24.0 Å². The highest BCUT2D eigenvalue weighted by Crippen LogP contribution is 2.29. The lowest BCUT2D eigenvalue weighted by molar-refractivity contribution is 0.158. The second kappa shape index (κ2) is 7.44. The lowest BCUT2D eigenvalue weighted by Crippen LogP contribution is -2.47. The summed E-state index contributed by atoms with van der Waals surface area (Å²) >= 11 is 0. The monoisotopic (exact) mass is 373 g/mol. The predicted molar refractivity (Wildman–Crippen MR) is 114 cm³/mol. The molecule has 1 aromatic heterocycles. The number of hydrogen-bond donors (Lipinski definition) is 1. The Morgan fingerprint density at radius 3 is 2.61 bits per heavy atom. The first-order chi connectivity index (χ1) is 13.8. The van der Waals surface area contributed by atoms with Crippen molar-refractivity contribution in [2.24, 2.45) is 0 Å². The number of pyridine rings is 1. The zero-order chi connectivity index (χ0) is 18.9. The zero-order valence-electron chi connectivity index (χ0n) is 16.4. The van der Waals surface area contributed by atoms with Crippen molar-refractivity contribution in [2.75, 3.05) is 25.5 Å². The van der Waals surface area contributed by atoms with Crippen LogP contribution in [0.1, 0.15) is 24.0 Å². The van der Waals surface area contributed by atoms with Crippen LogP contribution < -0.4 is 10.1 Å². The van der Waals surface area contributed by atoms with Gasteiger partial charge >= 0.3 is 0 Å². The van der Waals surface area contributed by atoms with Gasteiger partial charge in [-0.05, 0) is 61.6 Å². The Kier molecular flexibility index (Phi) is 4.65. The second-order valence-corrected chi connectivity index (χ2v) is 8.04. The maximum Gasteiger partial charge on any atom is 0.145 e. The topological polar surface area (TPSA) is 37.4 Å². The standard InChI is InChI=1S/C24H27N3O/c1-28-22-10-4-8-17-11-12-23(26-24(17)22)25-20-9-5-13-27(16-20)21-14-18-6-2-3-7-19(18)15-21/h2-4,6-8,10-12,20-21H,5,9,13-16H2,1H3,(H,25,26)/t20-/m0/s1. The number of rotatable bonds is 4. The van der Waals surface area contributed by atoms with E-state index in [4.69, 9.17) is 9.72 Å². The van der Waals surface area contributed by atoms with Crippen molar-refractivity contribution in [3.8, 4) is 5.75 Å². The minimum absolute atomic E-state index is 0.442. The number of fused-ring (bicyclic) bond motifs is 2. The molecule has 3 aromatic rings. The van der Waals surface area contributed by atoms with Crippen LogP contribution >= 0.6 is 0 Å². The number of nitrogens with one attached hydrogen (secondary N) is 1. The second-order valence-electron chi connectivity index (χ2n) is 8.04. The number of para-hydroxylation sites is 1. The Labute approximate surface area is 166 Å². The molecule has 1 N–H and O–H groups in total. The number of ether oxygens (including phenoxy) is 1. The molecule has 0 spiro atoms. The first-order valence-electron chi connectivity index (χ1n) is 10.3. The molecule has 0 bridgehead atoms. The molecule has 28 heavy (non-hydrogen) atoms. The van der Waals surface area contributed by atoms with Crippen molar-refractivity contribution in [1.29, 1.82) is 0 Å². The molecule has 5 rings (SSSR count). The van der Waals surface area contributed by atoms with Crippen LogP contribution in [0.3, 0.4) is 0 Å². The molecule has 4 nitrogen and oxygen atoms in total. The number of likely N-dealkylation sites (tertiary alicyclic amines) is 1. The maximum absolute atomic E-state index is 5.49. The van der Waals surface area contributed by atoms with E-state index in [1.165, 1.54) is 43.4 Å². The number of piperidine rings is 1. The Hall–Kier alpha value is -2.59. The first-order valence-corrected chi connectivity index (χ1v) is 10.3. The summed E-state index contributed by atoms with van der Waals surface area (Å²) in [5, 5.41) is 4.80. The maximum atomic E-state index is 5.49. The number of methoxy groups -OCH3 is 1. The number of anilines is 1. The van der Waals surface area contributed by atoms with Crippen molar-refractivity contribution in [3.05, 3.63) is 65.7 Å². The third kappa shape index (κ3) is 3.33. The van der Waals surface area contributed by atoms with E-state index in [0.29, 0.717) is 12.1 Å². The molecule has 0 amide bonds. The molecule has 2 heterocycles. The molecule has 2 aliphatic rings. The van der Waals surface area contributed by atoms with E-state index in [9.17, 15) is 0 Å². The predicted octanol–water partition coefficient (Wildman–Crippen LogP) is 4.29. The smallest absolute Gasteiger partial charge is 0.145 e. The Morgan fingerprint density at radius 2 is 1.82 bits per heavy atom. The zero-order valence-corrected chi connectivity index (χ0v) is 16.4. The minimum atomic E-state index is 0.442. The van der Waals surface area contributed by atoms with Crippen molar-refractivity contribution in [2.45, 2.75) is 37.8 Å². The van der Waals surface area contributed by atoms with Gasteiger partial charge < -0.3 is 10.1 Å². The van der Waals surface area contributed by atoms with Crippen LogP contribution in [0, 0.1) is 0 Å². The average Bonchev–Trinajstić information content (AvgIpc) is 3.18. The minimum Gasteiger partial charge on any atom is -0.494 e. The summed E-state index contributed by atoms with van der Waals surface area (Å²) in [6, 6.07) is 20.3. The van der Waals surface area contributed by atoms with E-state index in [2.05, 4.69) is 52.7 Å². The summed E-state index contributed by atoms with van der Waals surface area (Å²) in [5.74, 6) is 1.77. The normalized spacial score (nSPS) is 20.2. The van der Waals surface area contributed by atoms with E-state index in [1.807, 2.05) is 12.1 Å². The molecule has 0 unspecified atom stereocenters. The highest BCUT2D eigenvalue weighted by atomic mass is 16.5. The van der Waals surface area contributed by atoms with Crippen LogP contribution in [0.5, 0.6) is 5.75 Å². The van der Waals surface area contributed by atoms with Gasteiger partial charge in [0.1, 0.15) is 17.1 Å². The molecular formula is C24H27N3O. The van der Waals surface area contributed by atoms with Gasteiger partial charge in [-0.2, -0.15) is 0 Å². The summed E-state index contributed by atoms with van der Waals surface area (Å²) in [7, 11) is 1.70. The average molecular weight is 374 g/mol. The van der Waals surface area contributed by atoms with E-state index in [-0.39, 0.29) is 0 Å². The first kappa shape index (κ1) is 17.5. The number of aromatic nitrogens is 1. The molecule has 1 atom stereocenters. The highest BCUT2D eigenvalue weighted by Gasteiger charge is 2.30. The molecule has 4 heteroatoms. The van der Waals surface area contributed by atoms with Gasteiger partial charge in [0.25, 0.3) is 0 Å². The molecule has 1 saturated heterocycles. The van der Waals surface area contributed by atoms with Crippen LogP contribution in [-0.4, -0.2) is 42.2 Å². The van der Waals surface area contributed by atoms with E-state index < -0.39 is 0 Å². The molecule has 2 aromatic carbocycles. The number of nitrogens with zero attached hydrogens (tertiary/aromatic N) is 2. The van der Waals surface area contributed by atoms with Crippen molar-refractivity contribution in [3.63, 3.8) is 0 Å². The van der Waals surface area contributed by atoms with E-state index >= 15 is 0 Å². The summed E-state index contributed by atoms with van der Waals surface area (Å²) in [5.41, 5.74) is 3.99. The third-order valence-corrected chi connectivity index (χ3v) is 6.25. The summed E-state index contributed by atoms with van der Waals surface area (Å²) in [6.07, 6.45) is 4.81. The molecular weight excluding hydrogens is 346 g/mol. The van der Waals surface area contributed by atoms with Crippen LogP contribution in [0.4, 0.5) is 5.82 Å². The van der Waals surface area contributed by atoms with E-state index in [1.54, 1.807) is 7.11 Å². The fraction of sp³-hybridized carbons (Fsp3) is 0.375. The van der Waals surface area contributed by atoms with Gasteiger partial charge in [0.15, 0.2) is 0 Å². The lowest BCUT2D eigenvalue weighted by atomic mass is 10.0. The largest absolute Gasteiger partial charge is 0.494 e. The van der Waals surface area contributed by atoms with Crippen molar-refractivity contribution in [1.82, 2.24) is 9.88 Å². The lowest BCUT2D eigenvalue weighted by Gasteiger charge is -2.37. The van der Waals surface area contributed by atoms with Crippen LogP contribution in [0.25, 0.3) is 10.9 Å².